The minimum atomic E-state index is 0.589. The van der Waals surface area contributed by atoms with Gasteiger partial charge in [0.05, 0.1) is 11.0 Å². The van der Waals surface area contributed by atoms with Crippen molar-refractivity contribution in [1.29, 1.82) is 0 Å². The van der Waals surface area contributed by atoms with Crippen LogP contribution < -0.4 is 0 Å². The average Bonchev–Trinajstić information content (AvgIpc) is 3.66. The molecule has 5 nitrogen and oxygen atoms in total. The van der Waals surface area contributed by atoms with E-state index in [0.717, 1.165) is 71.0 Å². The van der Waals surface area contributed by atoms with Gasteiger partial charge in [0.1, 0.15) is 11.2 Å². The lowest BCUT2D eigenvalue weighted by molar-refractivity contribution is 0.669. The molecule has 10 aromatic rings. The molecule has 0 aliphatic rings. The maximum absolute atomic E-state index is 6.20. The van der Waals surface area contributed by atoms with E-state index in [1.807, 2.05) is 42.5 Å². The highest BCUT2D eigenvalue weighted by atomic mass is 16.3. The van der Waals surface area contributed by atoms with Gasteiger partial charge >= 0.3 is 0 Å². The Kier molecular flexibility index (Phi) is 5.22. The van der Waals surface area contributed by atoms with Crippen molar-refractivity contribution in [3.05, 3.63) is 146 Å². The van der Waals surface area contributed by atoms with Crippen LogP contribution in [0.1, 0.15) is 0 Å². The molecule has 3 aromatic heterocycles. The van der Waals surface area contributed by atoms with Gasteiger partial charge in [0.25, 0.3) is 0 Å². The first-order chi connectivity index (χ1) is 22.8. The van der Waals surface area contributed by atoms with Crippen LogP contribution in [0.25, 0.3) is 94.0 Å². The van der Waals surface area contributed by atoms with Crippen LogP contribution in [0.4, 0.5) is 0 Å². The number of benzene rings is 7. The summed E-state index contributed by atoms with van der Waals surface area (Å²) in [5, 5.41) is 9.15. The van der Waals surface area contributed by atoms with E-state index >= 15 is 0 Å². The van der Waals surface area contributed by atoms with Gasteiger partial charge in [0.15, 0.2) is 11.6 Å². The van der Waals surface area contributed by atoms with Crippen molar-refractivity contribution < 1.29 is 4.42 Å². The molecule has 0 fully saturated rings. The van der Waals surface area contributed by atoms with Crippen LogP contribution in [-0.2, 0) is 0 Å². The summed E-state index contributed by atoms with van der Waals surface area (Å²) in [5.41, 5.74) is 5.77. The molecule has 0 atom stereocenters. The average molecular weight is 589 g/mol. The Bertz CT molecular complexity index is 2760. The summed E-state index contributed by atoms with van der Waals surface area (Å²) in [7, 11) is 0. The zero-order valence-corrected chi connectivity index (χ0v) is 24.6. The number of para-hydroxylation sites is 3. The molecule has 3 heterocycles. The Morgan fingerprint density at radius 2 is 1.00 bits per heavy atom. The summed E-state index contributed by atoms with van der Waals surface area (Å²) in [4.78, 5) is 15.3. The van der Waals surface area contributed by atoms with Crippen LogP contribution in [0, 0.1) is 0 Å². The van der Waals surface area contributed by atoms with Crippen LogP contribution >= 0.6 is 0 Å². The third-order valence-corrected chi connectivity index (χ3v) is 9.03. The van der Waals surface area contributed by atoms with Crippen molar-refractivity contribution in [2.75, 3.05) is 0 Å². The van der Waals surface area contributed by atoms with Crippen molar-refractivity contribution >= 4 is 65.3 Å². The molecule has 0 unspecified atom stereocenters. The number of hydrogen-bond acceptors (Lipinski definition) is 4. The van der Waals surface area contributed by atoms with Crippen LogP contribution in [0.3, 0.4) is 0 Å². The van der Waals surface area contributed by atoms with Crippen LogP contribution in [0.5, 0.6) is 0 Å². The van der Waals surface area contributed by atoms with E-state index in [1.165, 1.54) is 5.39 Å². The highest BCUT2D eigenvalue weighted by molar-refractivity contribution is 6.17. The summed E-state index contributed by atoms with van der Waals surface area (Å²) < 4.78 is 8.35. The molecule has 0 saturated carbocycles. The van der Waals surface area contributed by atoms with Crippen molar-refractivity contribution in [2.24, 2.45) is 0 Å². The Hall–Kier alpha value is -6.33. The van der Waals surface area contributed by atoms with Crippen LogP contribution in [-0.4, -0.2) is 19.5 Å². The fraction of sp³-hybridized carbons (Fsp3) is 0. The molecule has 214 valence electrons. The molecule has 46 heavy (non-hydrogen) atoms. The largest absolute Gasteiger partial charge is 0.456 e. The van der Waals surface area contributed by atoms with Gasteiger partial charge in [-0.05, 0) is 57.9 Å². The molecule has 0 bridgehead atoms. The van der Waals surface area contributed by atoms with Gasteiger partial charge in [-0.2, -0.15) is 9.97 Å². The van der Waals surface area contributed by atoms with E-state index in [2.05, 4.69) is 108 Å². The maximum atomic E-state index is 6.20. The van der Waals surface area contributed by atoms with Gasteiger partial charge in [-0.1, -0.05) is 109 Å². The molecular weight excluding hydrogens is 564 g/mol. The third-order valence-electron chi connectivity index (χ3n) is 9.03. The highest BCUT2D eigenvalue weighted by Crippen LogP contribution is 2.37. The number of aromatic nitrogens is 4. The molecule has 7 aromatic carbocycles. The first-order valence-electron chi connectivity index (χ1n) is 15.4. The standard InChI is InChI=1S/C41H24N4O/c1-2-10-26(11-3-1)39-42-40(44-41(43-39)45-35-15-7-4-12-29(35)30-13-5-8-16-36(30)45)28-21-19-25-18-20-27-23-38-34(24-33(27)32(25)22-28)31-14-6-9-17-37(31)46-38/h1-24H. The second-order valence-electron chi connectivity index (χ2n) is 11.7. The second-order valence-corrected chi connectivity index (χ2v) is 11.7. The van der Waals surface area contributed by atoms with Crippen LogP contribution in [0.2, 0.25) is 0 Å². The van der Waals surface area contributed by atoms with Gasteiger partial charge in [-0.3, -0.25) is 4.57 Å². The van der Waals surface area contributed by atoms with E-state index in [0.29, 0.717) is 17.6 Å². The molecular formula is C41H24N4O. The van der Waals surface area contributed by atoms with E-state index < -0.39 is 0 Å². The van der Waals surface area contributed by atoms with Gasteiger partial charge in [-0.15, -0.1) is 0 Å². The summed E-state index contributed by atoms with van der Waals surface area (Å²) in [5.74, 6) is 1.84. The Morgan fingerprint density at radius 3 is 1.78 bits per heavy atom. The van der Waals surface area contributed by atoms with Crippen molar-refractivity contribution in [2.45, 2.75) is 0 Å². The number of fused-ring (bicyclic) bond motifs is 9. The van der Waals surface area contributed by atoms with E-state index in [4.69, 9.17) is 19.4 Å². The normalized spacial score (nSPS) is 11.9. The number of furan rings is 1. The molecule has 0 saturated heterocycles. The zero-order valence-electron chi connectivity index (χ0n) is 24.6. The minimum Gasteiger partial charge on any atom is -0.456 e. The fourth-order valence-electron chi connectivity index (χ4n) is 6.86. The summed E-state index contributed by atoms with van der Waals surface area (Å²) in [6.07, 6.45) is 0. The Morgan fingerprint density at radius 1 is 0.391 bits per heavy atom. The van der Waals surface area contributed by atoms with E-state index in [9.17, 15) is 0 Å². The molecule has 0 spiro atoms. The molecule has 0 N–H and O–H groups in total. The SMILES string of the molecule is c1ccc(-c2nc(-c3ccc4ccc5cc6oc7ccccc7c6cc5c4c3)nc(-n3c4ccccc4c4ccccc43)n2)cc1. The van der Waals surface area contributed by atoms with Crippen LogP contribution in [0.15, 0.2) is 150 Å². The van der Waals surface area contributed by atoms with Crippen molar-refractivity contribution in [3.63, 3.8) is 0 Å². The van der Waals surface area contributed by atoms with Gasteiger partial charge in [-0.25, -0.2) is 4.98 Å². The maximum Gasteiger partial charge on any atom is 0.238 e. The predicted molar refractivity (Wildman–Crippen MR) is 187 cm³/mol. The molecule has 0 aliphatic carbocycles. The molecule has 0 aliphatic heterocycles. The number of nitrogens with zero attached hydrogens (tertiary/aromatic N) is 4. The quantitative estimate of drug-likeness (QED) is 0.193. The second kappa shape index (κ2) is 9.58. The van der Waals surface area contributed by atoms with Gasteiger partial charge in [0.2, 0.25) is 5.95 Å². The van der Waals surface area contributed by atoms with Gasteiger partial charge < -0.3 is 4.42 Å². The molecule has 5 heteroatoms. The lowest BCUT2D eigenvalue weighted by Gasteiger charge is -2.12. The number of rotatable bonds is 3. The molecule has 0 radical (unpaired) electrons. The Balaban J connectivity index is 1.24. The Labute approximate surface area is 263 Å². The summed E-state index contributed by atoms with van der Waals surface area (Å²) in [6, 6.07) is 50.4. The van der Waals surface area contributed by atoms with Crippen molar-refractivity contribution in [1.82, 2.24) is 19.5 Å². The molecule has 0 amide bonds. The summed E-state index contributed by atoms with van der Waals surface area (Å²) in [6.45, 7) is 0. The van der Waals surface area contributed by atoms with Gasteiger partial charge in [0, 0.05) is 32.7 Å². The lowest BCUT2D eigenvalue weighted by atomic mass is 9.98. The monoisotopic (exact) mass is 588 g/mol. The first kappa shape index (κ1) is 25.0. The minimum absolute atomic E-state index is 0.589. The van der Waals surface area contributed by atoms with Crippen molar-refractivity contribution in [3.8, 4) is 28.7 Å². The predicted octanol–water partition coefficient (Wildman–Crippen LogP) is 10.5. The number of hydrogen-bond donors (Lipinski definition) is 0. The lowest BCUT2D eigenvalue weighted by Crippen LogP contribution is -2.06. The van der Waals surface area contributed by atoms with E-state index in [1.54, 1.807) is 0 Å². The van der Waals surface area contributed by atoms with E-state index in [-0.39, 0.29) is 0 Å². The zero-order chi connectivity index (χ0) is 30.2. The summed E-state index contributed by atoms with van der Waals surface area (Å²) >= 11 is 0. The first-order valence-corrected chi connectivity index (χ1v) is 15.4. The third kappa shape index (κ3) is 3.72. The highest BCUT2D eigenvalue weighted by Gasteiger charge is 2.18. The topological polar surface area (TPSA) is 56.7 Å². The fourth-order valence-corrected chi connectivity index (χ4v) is 6.86. The molecule has 10 rings (SSSR count). The smallest absolute Gasteiger partial charge is 0.238 e.